The van der Waals surface area contributed by atoms with Crippen LogP contribution in [-0.4, -0.2) is 31.2 Å². The van der Waals surface area contributed by atoms with Crippen LogP contribution in [0.4, 0.5) is 5.69 Å². The number of halogens is 3. The van der Waals surface area contributed by atoms with E-state index in [1.54, 1.807) is 18.4 Å². The standard InChI is InChI=1S/C32H28ClI2N3O4S/c1-5-41-31(40)27-18(2)36-32-38(28(27)20-10-12-22(13-11-20)37(3)4)30(39)26(43-32)16-19-14-24(34)29(25(35)15-19)42-17-21-8-6-7-9-23(21)33/h6-16,28H,5,17H2,1-4H3/b26-16+/t28-/m0/s1. The van der Waals surface area contributed by atoms with Crippen LogP contribution in [0.2, 0.25) is 5.02 Å². The van der Waals surface area contributed by atoms with Crippen LogP contribution in [0.15, 0.2) is 81.7 Å². The summed E-state index contributed by atoms with van der Waals surface area (Å²) in [5, 5.41) is 0.660. The molecule has 3 aromatic carbocycles. The average molecular weight is 840 g/mol. The number of thiazole rings is 1. The maximum absolute atomic E-state index is 14.0. The summed E-state index contributed by atoms with van der Waals surface area (Å²) in [5.74, 6) is 0.284. The summed E-state index contributed by atoms with van der Waals surface area (Å²) >= 11 is 12.1. The van der Waals surface area contributed by atoms with E-state index in [4.69, 9.17) is 21.1 Å². The van der Waals surface area contributed by atoms with E-state index in [0.717, 1.165) is 35.3 Å². The van der Waals surface area contributed by atoms with E-state index in [1.165, 1.54) is 11.3 Å². The van der Waals surface area contributed by atoms with Gasteiger partial charge in [0.25, 0.3) is 5.56 Å². The summed E-state index contributed by atoms with van der Waals surface area (Å²) in [5.41, 5.74) is 4.27. The Bertz CT molecular complexity index is 1890. The van der Waals surface area contributed by atoms with Crippen LogP contribution in [0.5, 0.6) is 5.75 Å². The number of carbonyl (C=O) groups is 1. The van der Waals surface area contributed by atoms with E-state index in [0.29, 0.717) is 32.2 Å². The molecule has 1 atom stereocenters. The molecule has 0 spiro atoms. The van der Waals surface area contributed by atoms with Gasteiger partial charge >= 0.3 is 5.97 Å². The van der Waals surface area contributed by atoms with E-state index in [9.17, 15) is 9.59 Å². The minimum absolute atomic E-state index is 0.219. The van der Waals surface area contributed by atoms with Gasteiger partial charge in [0.15, 0.2) is 4.80 Å². The Kier molecular flexibility index (Phi) is 9.99. The maximum Gasteiger partial charge on any atom is 0.338 e. The number of hydrogen-bond acceptors (Lipinski definition) is 7. The third kappa shape index (κ3) is 6.71. The van der Waals surface area contributed by atoms with Gasteiger partial charge in [-0.1, -0.05) is 53.3 Å². The zero-order valence-corrected chi connectivity index (χ0v) is 29.7. The molecular formula is C32H28ClI2N3O4S. The summed E-state index contributed by atoms with van der Waals surface area (Å²) in [6, 6.07) is 18.7. The van der Waals surface area contributed by atoms with Gasteiger partial charge in [-0.3, -0.25) is 9.36 Å². The van der Waals surface area contributed by atoms with Crippen molar-refractivity contribution in [2.45, 2.75) is 26.5 Å². The van der Waals surface area contributed by atoms with Crippen LogP contribution in [0.1, 0.15) is 36.6 Å². The summed E-state index contributed by atoms with van der Waals surface area (Å²) in [7, 11) is 3.93. The fourth-order valence-corrected chi connectivity index (χ4v) is 8.14. The van der Waals surface area contributed by atoms with E-state index < -0.39 is 12.0 Å². The van der Waals surface area contributed by atoms with Gasteiger partial charge in [0.1, 0.15) is 12.4 Å². The number of anilines is 1. The van der Waals surface area contributed by atoms with Gasteiger partial charge in [-0.2, -0.15) is 0 Å². The monoisotopic (exact) mass is 839 g/mol. The van der Waals surface area contributed by atoms with Gasteiger partial charge in [-0.15, -0.1) is 0 Å². The van der Waals surface area contributed by atoms with E-state index in [1.807, 2.05) is 85.7 Å². The number of ether oxygens (including phenoxy) is 2. The van der Waals surface area contributed by atoms with Gasteiger partial charge < -0.3 is 14.4 Å². The van der Waals surface area contributed by atoms with Crippen LogP contribution in [0.25, 0.3) is 6.08 Å². The van der Waals surface area contributed by atoms with Crippen LogP contribution < -0.4 is 24.5 Å². The fourth-order valence-electron chi connectivity index (χ4n) is 4.78. The number of hydrogen-bond donors (Lipinski definition) is 0. The molecular weight excluding hydrogens is 812 g/mol. The predicted molar refractivity (Wildman–Crippen MR) is 189 cm³/mol. The Morgan fingerprint density at radius 1 is 1.12 bits per heavy atom. The molecule has 4 aromatic rings. The molecule has 11 heteroatoms. The van der Waals surface area contributed by atoms with E-state index in [-0.39, 0.29) is 12.2 Å². The number of allylic oxidation sites excluding steroid dienone is 1. The molecule has 1 aliphatic heterocycles. The molecule has 1 aliphatic rings. The number of carbonyl (C=O) groups excluding carboxylic acids is 1. The lowest BCUT2D eigenvalue weighted by atomic mass is 9.95. The molecule has 0 bridgehead atoms. The number of rotatable bonds is 8. The first kappa shape index (κ1) is 31.7. The first-order valence-electron chi connectivity index (χ1n) is 13.4. The molecule has 0 saturated carbocycles. The summed E-state index contributed by atoms with van der Waals surface area (Å²) in [4.78, 5) is 34.4. The fraction of sp³-hybridized carbons (Fsp3) is 0.219. The van der Waals surface area contributed by atoms with Crippen LogP contribution in [0.3, 0.4) is 0 Å². The van der Waals surface area contributed by atoms with E-state index >= 15 is 0 Å². The lowest BCUT2D eigenvalue weighted by Crippen LogP contribution is -2.39. The number of aromatic nitrogens is 1. The first-order chi connectivity index (χ1) is 20.6. The Morgan fingerprint density at radius 2 is 1.79 bits per heavy atom. The number of fused-ring (bicyclic) bond motifs is 1. The van der Waals surface area contributed by atoms with Crippen molar-refractivity contribution < 1.29 is 14.3 Å². The third-order valence-corrected chi connectivity index (χ3v) is 9.84. The third-order valence-electron chi connectivity index (χ3n) is 6.89. The highest BCUT2D eigenvalue weighted by molar-refractivity contribution is 14.1. The van der Waals surface area contributed by atoms with Crippen LogP contribution >= 0.6 is 68.1 Å². The molecule has 5 rings (SSSR count). The second kappa shape index (κ2) is 13.5. The number of benzene rings is 3. The Balaban J connectivity index is 1.56. The minimum atomic E-state index is -0.658. The molecule has 222 valence electrons. The molecule has 0 saturated heterocycles. The van der Waals surface area contributed by atoms with Crippen LogP contribution in [0, 0.1) is 7.14 Å². The Morgan fingerprint density at radius 3 is 2.42 bits per heavy atom. The lowest BCUT2D eigenvalue weighted by Gasteiger charge is -2.25. The topological polar surface area (TPSA) is 73.1 Å². The average Bonchev–Trinajstić information content (AvgIpc) is 3.26. The highest BCUT2D eigenvalue weighted by Crippen LogP contribution is 2.33. The molecule has 0 amide bonds. The second-order valence-electron chi connectivity index (χ2n) is 9.98. The van der Waals surface area contributed by atoms with Crippen molar-refractivity contribution in [1.82, 2.24) is 4.57 Å². The maximum atomic E-state index is 14.0. The van der Waals surface area contributed by atoms with Gasteiger partial charge in [0.2, 0.25) is 0 Å². The van der Waals surface area contributed by atoms with Gasteiger partial charge in [-0.05, 0) is 107 Å². The highest BCUT2D eigenvalue weighted by Gasteiger charge is 2.33. The Hall–Kier alpha value is -2.68. The van der Waals surface area contributed by atoms with Crippen molar-refractivity contribution >= 4 is 85.9 Å². The highest BCUT2D eigenvalue weighted by atomic mass is 127. The van der Waals surface area contributed by atoms with Crippen molar-refractivity contribution in [1.29, 1.82) is 0 Å². The van der Waals surface area contributed by atoms with Crippen molar-refractivity contribution in [3.8, 4) is 5.75 Å². The quantitative estimate of drug-likeness (QED) is 0.154. The van der Waals surface area contributed by atoms with Crippen molar-refractivity contribution in [3.05, 3.63) is 120 Å². The van der Waals surface area contributed by atoms with Gasteiger partial charge in [0, 0.05) is 30.4 Å². The van der Waals surface area contributed by atoms with Crippen molar-refractivity contribution in [3.63, 3.8) is 0 Å². The normalized spacial score (nSPS) is 14.8. The second-order valence-corrected chi connectivity index (χ2v) is 13.7. The number of nitrogens with zero attached hydrogens (tertiary/aromatic N) is 3. The van der Waals surface area contributed by atoms with Gasteiger partial charge in [0.05, 0.1) is 35.6 Å². The molecule has 1 aromatic heterocycles. The molecule has 0 aliphatic carbocycles. The predicted octanol–water partition coefficient (Wildman–Crippen LogP) is 6.31. The molecule has 0 unspecified atom stereocenters. The summed E-state index contributed by atoms with van der Waals surface area (Å²) in [6.45, 7) is 4.12. The zero-order chi connectivity index (χ0) is 30.8. The molecule has 7 nitrogen and oxygen atoms in total. The minimum Gasteiger partial charge on any atom is -0.487 e. The molecule has 0 radical (unpaired) electrons. The Labute approximate surface area is 285 Å². The molecule has 2 heterocycles. The van der Waals surface area contributed by atoms with Gasteiger partial charge in [-0.25, -0.2) is 9.79 Å². The number of esters is 1. The zero-order valence-electron chi connectivity index (χ0n) is 23.9. The first-order valence-corrected chi connectivity index (χ1v) is 16.8. The summed E-state index contributed by atoms with van der Waals surface area (Å²) in [6.07, 6.45) is 1.86. The largest absolute Gasteiger partial charge is 0.487 e. The van der Waals surface area contributed by atoms with Crippen LogP contribution in [-0.2, 0) is 16.1 Å². The van der Waals surface area contributed by atoms with Crippen molar-refractivity contribution in [2.24, 2.45) is 4.99 Å². The molecule has 0 N–H and O–H groups in total. The SMILES string of the molecule is CCOC(=O)C1=C(C)N=c2s/c(=C/c3cc(I)c(OCc4ccccc4Cl)c(I)c3)c(=O)n2[C@H]1c1ccc(N(C)C)cc1. The van der Waals surface area contributed by atoms with E-state index in [2.05, 4.69) is 50.2 Å². The lowest BCUT2D eigenvalue weighted by molar-refractivity contribution is -0.139. The molecule has 0 fully saturated rings. The molecule has 43 heavy (non-hydrogen) atoms. The summed E-state index contributed by atoms with van der Waals surface area (Å²) < 4.78 is 15.5. The smallest absolute Gasteiger partial charge is 0.338 e. The van der Waals surface area contributed by atoms with Crippen molar-refractivity contribution in [2.75, 3.05) is 25.6 Å².